The quantitative estimate of drug-likeness (QED) is 0.833. The van der Waals surface area contributed by atoms with Crippen LogP contribution in [0.4, 0.5) is 0 Å². The van der Waals surface area contributed by atoms with E-state index >= 15 is 0 Å². The maximum absolute atomic E-state index is 12.2. The number of rotatable bonds is 5. The van der Waals surface area contributed by atoms with Crippen LogP contribution in [0.5, 0.6) is 0 Å². The Kier molecular flexibility index (Phi) is 5.27. The molecule has 0 aliphatic carbocycles. The van der Waals surface area contributed by atoms with Crippen LogP contribution in [0, 0.1) is 11.3 Å². The molecular formula is C15H18N2O3. The maximum Gasteiger partial charge on any atom is 0.331 e. The number of carbonyl (C=O) groups is 2. The van der Waals surface area contributed by atoms with E-state index in [0.717, 1.165) is 6.42 Å². The molecule has 106 valence electrons. The average Bonchev–Trinajstić information content (AvgIpc) is 2.46. The lowest BCUT2D eigenvalue weighted by molar-refractivity contribution is -0.147. The van der Waals surface area contributed by atoms with E-state index in [2.05, 4.69) is 5.32 Å². The van der Waals surface area contributed by atoms with Crippen molar-refractivity contribution >= 4 is 11.9 Å². The molecular weight excluding hydrogens is 256 g/mol. The highest BCUT2D eigenvalue weighted by molar-refractivity contribution is 5.98. The predicted molar refractivity (Wildman–Crippen MR) is 74.0 cm³/mol. The molecule has 1 rings (SSSR count). The molecule has 20 heavy (non-hydrogen) atoms. The minimum absolute atomic E-state index is 0.343. The number of benzene rings is 1. The number of ether oxygens (including phenoxy) is 1. The van der Waals surface area contributed by atoms with Gasteiger partial charge in [0.05, 0.1) is 18.7 Å². The molecule has 5 heteroatoms. The van der Waals surface area contributed by atoms with Crippen LogP contribution >= 0.6 is 0 Å². The molecule has 0 saturated carbocycles. The Morgan fingerprint density at radius 3 is 2.70 bits per heavy atom. The van der Waals surface area contributed by atoms with Crippen molar-refractivity contribution in [3.63, 3.8) is 0 Å². The summed E-state index contributed by atoms with van der Waals surface area (Å²) >= 11 is 0. The Morgan fingerprint density at radius 2 is 2.15 bits per heavy atom. The molecule has 0 aromatic heterocycles. The number of methoxy groups -OCH3 is 1. The lowest BCUT2D eigenvalue weighted by atomic mass is 9.95. The van der Waals surface area contributed by atoms with Gasteiger partial charge in [0.1, 0.15) is 5.54 Å². The van der Waals surface area contributed by atoms with Crippen molar-refractivity contribution in [2.45, 2.75) is 32.2 Å². The van der Waals surface area contributed by atoms with E-state index in [1.54, 1.807) is 25.1 Å². The number of esters is 1. The molecule has 1 N–H and O–H groups in total. The van der Waals surface area contributed by atoms with Gasteiger partial charge in [-0.15, -0.1) is 0 Å². The summed E-state index contributed by atoms with van der Waals surface area (Å²) in [5.74, 6) is -0.882. The smallest absolute Gasteiger partial charge is 0.331 e. The van der Waals surface area contributed by atoms with Gasteiger partial charge in [-0.25, -0.2) is 4.79 Å². The van der Waals surface area contributed by atoms with Crippen LogP contribution in [0.2, 0.25) is 0 Å². The van der Waals surface area contributed by atoms with Crippen LogP contribution < -0.4 is 5.32 Å². The van der Waals surface area contributed by atoms with Crippen molar-refractivity contribution in [3.8, 4) is 6.07 Å². The Hall–Kier alpha value is -2.35. The lowest BCUT2D eigenvalue weighted by Crippen LogP contribution is -2.52. The van der Waals surface area contributed by atoms with E-state index in [-0.39, 0.29) is 0 Å². The fraction of sp³-hybridized carbons (Fsp3) is 0.400. The standard InChI is InChI=1S/C15H18N2O3/c1-4-8-15(2,14(19)20-3)17-13(18)12-7-5-6-11(9-12)10-16/h5-7,9H,4,8H2,1-3H3,(H,17,18). The average molecular weight is 274 g/mol. The zero-order valence-corrected chi connectivity index (χ0v) is 11.9. The zero-order valence-electron chi connectivity index (χ0n) is 11.9. The Bertz CT molecular complexity index is 548. The molecule has 0 spiro atoms. The van der Waals surface area contributed by atoms with Crippen LogP contribution in [-0.4, -0.2) is 24.5 Å². The monoisotopic (exact) mass is 274 g/mol. The van der Waals surface area contributed by atoms with Gasteiger partial charge in [-0.2, -0.15) is 5.26 Å². The molecule has 1 atom stereocenters. The molecule has 0 aliphatic heterocycles. The molecule has 0 radical (unpaired) electrons. The molecule has 0 bridgehead atoms. The maximum atomic E-state index is 12.2. The van der Waals surface area contributed by atoms with Crippen molar-refractivity contribution < 1.29 is 14.3 Å². The van der Waals surface area contributed by atoms with Crippen LogP contribution in [0.1, 0.15) is 42.6 Å². The van der Waals surface area contributed by atoms with Crippen molar-refractivity contribution in [2.24, 2.45) is 0 Å². The van der Waals surface area contributed by atoms with Crippen LogP contribution in [0.25, 0.3) is 0 Å². The van der Waals surface area contributed by atoms with E-state index < -0.39 is 17.4 Å². The van der Waals surface area contributed by atoms with Crippen molar-refractivity contribution in [3.05, 3.63) is 35.4 Å². The van der Waals surface area contributed by atoms with Gasteiger partial charge >= 0.3 is 5.97 Å². The summed E-state index contributed by atoms with van der Waals surface area (Å²) in [6.45, 7) is 3.55. The van der Waals surface area contributed by atoms with Crippen molar-refractivity contribution in [1.82, 2.24) is 5.32 Å². The Labute approximate surface area is 118 Å². The number of amides is 1. The number of carbonyl (C=O) groups excluding carboxylic acids is 2. The van der Waals surface area contributed by atoms with E-state index in [1.807, 2.05) is 13.0 Å². The first-order chi connectivity index (χ1) is 9.46. The summed E-state index contributed by atoms with van der Waals surface area (Å²) in [7, 11) is 1.29. The van der Waals surface area contributed by atoms with E-state index in [4.69, 9.17) is 10.00 Å². The second-order valence-corrected chi connectivity index (χ2v) is 4.72. The molecule has 0 saturated heterocycles. The third kappa shape index (κ3) is 3.58. The van der Waals surface area contributed by atoms with Gasteiger partial charge in [0, 0.05) is 5.56 Å². The van der Waals surface area contributed by atoms with E-state index in [0.29, 0.717) is 17.5 Å². The lowest BCUT2D eigenvalue weighted by Gasteiger charge is -2.27. The van der Waals surface area contributed by atoms with Gasteiger partial charge in [-0.1, -0.05) is 19.4 Å². The van der Waals surface area contributed by atoms with Gasteiger partial charge < -0.3 is 10.1 Å². The summed E-state index contributed by atoms with van der Waals surface area (Å²) in [6, 6.07) is 8.30. The van der Waals surface area contributed by atoms with E-state index in [1.165, 1.54) is 13.2 Å². The molecule has 0 heterocycles. The minimum atomic E-state index is -1.07. The van der Waals surface area contributed by atoms with E-state index in [9.17, 15) is 9.59 Å². The van der Waals surface area contributed by atoms with Gasteiger partial charge in [0.25, 0.3) is 5.91 Å². The summed E-state index contributed by atoms with van der Waals surface area (Å²) in [5.41, 5.74) is -0.327. The van der Waals surface area contributed by atoms with Crippen molar-refractivity contribution in [1.29, 1.82) is 5.26 Å². The largest absolute Gasteiger partial charge is 0.467 e. The molecule has 1 amide bonds. The highest BCUT2D eigenvalue weighted by Crippen LogP contribution is 2.16. The highest BCUT2D eigenvalue weighted by atomic mass is 16.5. The summed E-state index contributed by atoms with van der Waals surface area (Å²) < 4.78 is 4.74. The number of hydrogen-bond donors (Lipinski definition) is 1. The first-order valence-electron chi connectivity index (χ1n) is 6.38. The summed E-state index contributed by atoms with van der Waals surface area (Å²) in [5, 5.41) is 11.5. The van der Waals surface area contributed by atoms with Gasteiger partial charge in [-0.05, 0) is 31.5 Å². The molecule has 5 nitrogen and oxygen atoms in total. The molecule has 0 aliphatic rings. The van der Waals surface area contributed by atoms with Crippen LogP contribution in [0.15, 0.2) is 24.3 Å². The van der Waals surface area contributed by atoms with Gasteiger partial charge in [0.2, 0.25) is 0 Å². The molecule has 0 fully saturated rings. The number of nitrogens with zero attached hydrogens (tertiary/aromatic N) is 1. The fourth-order valence-corrected chi connectivity index (χ4v) is 1.99. The molecule has 1 unspecified atom stereocenters. The third-order valence-corrected chi connectivity index (χ3v) is 3.03. The zero-order chi connectivity index (χ0) is 15.2. The van der Waals surface area contributed by atoms with Gasteiger partial charge in [-0.3, -0.25) is 4.79 Å². The SMILES string of the molecule is CCCC(C)(NC(=O)c1cccc(C#N)c1)C(=O)OC. The second-order valence-electron chi connectivity index (χ2n) is 4.72. The van der Waals surface area contributed by atoms with Crippen molar-refractivity contribution in [2.75, 3.05) is 7.11 Å². The molecule has 1 aromatic rings. The topological polar surface area (TPSA) is 79.2 Å². The highest BCUT2D eigenvalue weighted by Gasteiger charge is 2.35. The third-order valence-electron chi connectivity index (χ3n) is 3.03. The van der Waals surface area contributed by atoms with Crippen LogP contribution in [-0.2, 0) is 9.53 Å². The Morgan fingerprint density at radius 1 is 1.45 bits per heavy atom. The number of hydrogen-bond acceptors (Lipinski definition) is 4. The first kappa shape index (κ1) is 15.7. The number of nitrogens with one attached hydrogen (secondary N) is 1. The molecule has 1 aromatic carbocycles. The number of nitriles is 1. The fourth-order valence-electron chi connectivity index (χ4n) is 1.99. The summed E-state index contributed by atoms with van der Waals surface area (Å²) in [6.07, 6.45) is 1.20. The first-order valence-corrected chi connectivity index (χ1v) is 6.38. The van der Waals surface area contributed by atoms with Crippen LogP contribution in [0.3, 0.4) is 0 Å². The van der Waals surface area contributed by atoms with Gasteiger partial charge in [0.15, 0.2) is 0 Å². The normalized spacial score (nSPS) is 12.9. The second kappa shape index (κ2) is 6.71. The summed E-state index contributed by atoms with van der Waals surface area (Å²) in [4.78, 5) is 24.0. The predicted octanol–water partition coefficient (Wildman–Crippen LogP) is 2.02. The Balaban J connectivity index is 2.96. The minimum Gasteiger partial charge on any atom is -0.467 e.